The van der Waals surface area contributed by atoms with Crippen LogP contribution in [0.25, 0.3) is 11.1 Å². The number of aliphatic hydroxyl groups excluding tert-OH is 6. The van der Waals surface area contributed by atoms with Crippen molar-refractivity contribution >= 4 is 70.5 Å². The highest BCUT2D eigenvalue weighted by atomic mass is 35.5. The number of hydrogen-bond donors (Lipinski definition) is 21. The first-order valence-corrected chi connectivity index (χ1v) is 42.0. The summed E-state index contributed by atoms with van der Waals surface area (Å²) < 4.78 is 50.6. The molecule has 5 aromatic rings. The van der Waals surface area contributed by atoms with Gasteiger partial charge in [0.2, 0.25) is 59.3 Å². The number of unbranched alkanes of at least 4 members (excludes halogenated alkanes) is 7. The van der Waals surface area contributed by atoms with Crippen molar-refractivity contribution in [1.29, 1.82) is 0 Å². The van der Waals surface area contributed by atoms with Crippen molar-refractivity contribution in [3.8, 4) is 57.1 Å². The molecule has 7 aliphatic heterocycles. The first-order chi connectivity index (χ1) is 58.8. The fourth-order valence-corrected chi connectivity index (χ4v) is 15.8. The van der Waals surface area contributed by atoms with Crippen molar-refractivity contribution in [3.63, 3.8) is 0 Å². The Morgan fingerprint density at radius 2 is 1.28 bits per heavy atom. The summed E-state index contributed by atoms with van der Waals surface area (Å²) in [5.41, 5.74) is 7.81. The highest BCUT2D eigenvalue weighted by Crippen LogP contribution is 2.50. The highest BCUT2D eigenvalue weighted by Gasteiger charge is 2.52. The van der Waals surface area contributed by atoms with Gasteiger partial charge in [-0.05, 0) is 129 Å². The van der Waals surface area contributed by atoms with Crippen LogP contribution in [0.2, 0.25) is 10.0 Å². The van der Waals surface area contributed by atoms with E-state index in [1.165, 1.54) is 63.4 Å². The molecular formula is C84H114Cl2N12O25. The maximum Gasteiger partial charge on any atom is 0.248 e. The number of carbonyl (C=O) groups excluding carboxylic acids is 8. The number of likely N-dealkylation sites (N-methyl/N-ethyl adjacent to an activating group) is 1. The van der Waals surface area contributed by atoms with Gasteiger partial charge >= 0.3 is 0 Å². The van der Waals surface area contributed by atoms with Gasteiger partial charge in [0.15, 0.2) is 23.9 Å². The third-order valence-corrected chi connectivity index (χ3v) is 22.6. The number of carbonyl (C=O) groups is 8. The molecule has 0 saturated carbocycles. The third kappa shape index (κ3) is 24.4. The van der Waals surface area contributed by atoms with E-state index in [0.717, 1.165) is 80.4 Å². The number of amides is 8. The molecule has 37 nitrogen and oxygen atoms in total. The molecule has 12 rings (SSSR count). The number of halogens is 2. The number of ether oxygens (including phenoxy) is 8. The van der Waals surface area contributed by atoms with Crippen molar-refractivity contribution in [1.82, 2.24) is 53.2 Å². The van der Waals surface area contributed by atoms with E-state index in [-0.39, 0.29) is 97.1 Å². The fraction of sp³-hybridized carbons (Fsp3) is 0.548. The monoisotopic (exact) mass is 1760 g/mol. The number of aliphatic hydroxyl groups is 6. The van der Waals surface area contributed by atoms with Crippen LogP contribution in [0, 0.1) is 5.92 Å². The Hall–Kier alpha value is -9.36. The fourth-order valence-electron chi connectivity index (χ4n) is 15.4. The van der Waals surface area contributed by atoms with Gasteiger partial charge in [0, 0.05) is 55.3 Å². The molecule has 674 valence electrons. The van der Waals surface area contributed by atoms with Crippen molar-refractivity contribution in [2.75, 3.05) is 72.8 Å². The molecule has 0 spiro atoms. The van der Waals surface area contributed by atoms with E-state index >= 15 is 24.0 Å². The summed E-state index contributed by atoms with van der Waals surface area (Å²) in [6.07, 6.45) is -9.03. The number of benzene rings is 5. The summed E-state index contributed by atoms with van der Waals surface area (Å²) in [4.78, 5) is 121. The molecule has 0 radical (unpaired) electrons. The van der Waals surface area contributed by atoms with E-state index in [9.17, 15) is 60.3 Å². The summed E-state index contributed by atoms with van der Waals surface area (Å²) in [5.74, 6) is -14.7. The molecule has 2 fully saturated rings. The Labute approximate surface area is 720 Å². The zero-order chi connectivity index (χ0) is 89.1. The van der Waals surface area contributed by atoms with Gasteiger partial charge in [-0.3, -0.25) is 38.4 Å². The van der Waals surface area contributed by atoms with Crippen LogP contribution in [0.1, 0.15) is 163 Å². The number of nitrogens with two attached hydrogens (primary N) is 2. The Bertz CT molecular complexity index is 4520. The molecule has 0 aromatic heterocycles. The minimum Gasteiger partial charge on any atom is -0.508 e. The van der Waals surface area contributed by atoms with Gasteiger partial charge in [-0.1, -0.05) is 107 Å². The summed E-state index contributed by atoms with van der Waals surface area (Å²) in [6, 6.07) is 0.343. The number of fused-ring (bicyclic) bond motifs is 15. The third-order valence-electron chi connectivity index (χ3n) is 22.0. The average molecular weight is 1760 g/mol. The molecule has 5 aromatic carbocycles. The SMILES string of the molecule is CCCCCCCCCCNCCN[C@@]1(C)C[C@H](O[C@H]2[C@H](Oc3c4cc5cc3Oc3ccc(cc3Cl)[C@@H](O)[C@@H](NC(=O)[C@@H](CC(C)C)NC)C(=O)N[C@@H](CC(N)=O)C(=O)N[C@H]5C(=O)N[C@H]3C(=O)N[C@H](C(=O)N[C@@H](C(=O)NCCOCCOCCN)c5cc(O)cc(O)c5-c5cc3ccc5O)[C@H](O)c3ccc(c(Cl)c3)O4)O[C@H](CO)[C@@H](O)[C@@H]2O)O[C@@H](C)[C@H]1O. The van der Waals surface area contributed by atoms with Gasteiger partial charge in [0.05, 0.1) is 67.8 Å². The molecule has 0 unspecified atom stereocenters. The highest BCUT2D eigenvalue weighted by molar-refractivity contribution is 6.32. The van der Waals surface area contributed by atoms with Gasteiger partial charge < -0.3 is 148 Å². The molecular weight excluding hydrogens is 1650 g/mol. The van der Waals surface area contributed by atoms with Crippen molar-refractivity contribution in [2.45, 2.75) is 214 Å². The summed E-state index contributed by atoms with van der Waals surface area (Å²) in [5, 5.41) is 134. The van der Waals surface area contributed by atoms with E-state index in [0.29, 0.717) is 13.1 Å². The maximum atomic E-state index is 16.4. The van der Waals surface area contributed by atoms with E-state index in [1.807, 2.05) is 13.8 Å². The molecule has 7 aliphatic rings. The molecule has 7 heterocycles. The molecule has 8 amide bonds. The lowest BCUT2D eigenvalue weighted by atomic mass is 9.85. The second-order valence-corrected chi connectivity index (χ2v) is 32.6. The number of primary amides is 1. The molecule has 2 saturated heterocycles. The molecule has 123 heavy (non-hydrogen) atoms. The second-order valence-electron chi connectivity index (χ2n) is 31.7. The zero-order valence-electron chi connectivity index (χ0n) is 69.2. The second kappa shape index (κ2) is 44.5. The van der Waals surface area contributed by atoms with Crippen molar-refractivity contribution < 1.29 is 122 Å². The lowest BCUT2D eigenvalue weighted by Crippen LogP contribution is -2.65. The van der Waals surface area contributed by atoms with Crippen molar-refractivity contribution in [2.24, 2.45) is 17.4 Å². The number of aromatic hydroxyl groups is 3. The minimum atomic E-state index is -2.35. The summed E-state index contributed by atoms with van der Waals surface area (Å²) >= 11 is 14.4. The van der Waals surface area contributed by atoms with Crippen LogP contribution in [-0.4, -0.2) is 245 Å². The molecule has 39 heteroatoms. The van der Waals surface area contributed by atoms with Crippen LogP contribution < -0.4 is 78.8 Å². The Balaban J connectivity index is 1.15. The van der Waals surface area contributed by atoms with Gasteiger partial charge in [0.25, 0.3) is 0 Å². The first-order valence-electron chi connectivity index (χ1n) is 41.3. The maximum absolute atomic E-state index is 16.4. The standard InChI is InChI=1S/C84H114Cl2N12O25/c1-7-8-9-10-11-12-13-14-22-90-23-24-92-84(5)39-62(118-42(4)75(84)108)122-74-72(107)71(106)60(40-99)121-83(74)123-73-58-34-46-35-59(73)120-57-20-17-45(33-51(57)86)70(105)68-82(115)96-66(78(111)91-25-27-117-29-28-116-26-21-87)49-36-47(100)37-55(102)63(49)48-31-43(15-18-54(48)101)64(79(112)98-68)95-80(113)65(46)94-77(110)53(38-61(88)103)93-81(114)67(97-76(109)52(89-6)30-41(2)3)69(104)44-16-19-56(119-58)50(85)32-44/h15-20,31-37,41-42,52-53,60,62,64-72,74-75,83,89-90,92,99-102,104-108H,7-14,21-30,38-40,87H2,1-6H3,(H2,88,103)(H,91,111)(H,93,114)(H,94,110)(H,95,113)(H,96,115)(H,97,109)(H,98,112)/t42-,52+,53-,60+,62-,64+,65+,66+,67+,68-,69+,70+,71+,72-,74+,75+,83-,84-/m0/s1. The van der Waals surface area contributed by atoms with Crippen LogP contribution in [0.3, 0.4) is 0 Å². The predicted molar refractivity (Wildman–Crippen MR) is 445 cm³/mol. The number of hydrogen-bond acceptors (Lipinski definition) is 29. The van der Waals surface area contributed by atoms with Crippen LogP contribution in [0.5, 0.6) is 46.0 Å². The Kier molecular flexibility index (Phi) is 34.7. The van der Waals surface area contributed by atoms with Crippen molar-refractivity contribution in [3.05, 3.63) is 117 Å². The predicted octanol–water partition coefficient (Wildman–Crippen LogP) is 2.49. The molecule has 18 atom stereocenters. The molecule has 0 aliphatic carbocycles. The smallest absolute Gasteiger partial charge is 0.248 e. The van der Waals surface area contributed by atoms with Gasteiger partial charge in [-0.25, -0.2) is 0 Å². The van der Waals surface area contributed by atoms with E-state index in [2.05, 4.69) is 60.1 Å². The molecule has 23 N–H and O–H groups in total. The summed E-state index contributed by atoms with van der Waals surface area (Å²) in [6.45, 7) is 10.3. The lowest BCUT2D eigenvalue weighted by Gasteiger charge is -2.48. The summed E-state index contributed by atoms with van der Waals surface area (Å²) in [7, 11) is 1.49. The quantitative estimate of drug-likeness (QED) is 0.0263. The molecule has 11 bridgehead atoms. The Morgan fingerprint density at radius 1 is 0.659 bits per heavy atom. The van der Waals surface area contributed by atoms with Crippen LogP contribution in [0.15, 0.2) is 78.9 Å². The zero-order valence-corrected chi connectivity index (χ0v) is 70.7. The normalized spacial score (nSPS) is 26.3. The topological polar surface area (TPSA) is 565 Å². The van der Waals surface area contributed by atoms with E-state index < -0.39 is 226 Å². The largest absolute Gasteiger partial charge is 0.508 e. The number of rotatable bonds is 34. The number of phenolic OH excluding ortho intramolecular Hbond substituents is 3. The van der Waals surface area contributed by atoms with E-state index in [1.54, 1.807) is 13.8 Å². The van der Waals surface area contributed by atoms with E-state index in [4.69, 9.17) is 72.6 Å². The lowest BCUT2D eigenvalue weighted by molar-refractivity contribution is -0.334. The minimum absolute atomic E-state index is 0.0775. The van der Waals surface area contributed by atoms with Gasteiger partial charge in [-0.15, -0.1) is 0 Å². The number of phenols is 3. The van der Waals surface area contributed by atoms with Crippen LogP contribution >= 0.6 is 23.2 Å². The van der Waals surface area contributed by atoms with Crippen LogP contribution in [0.4, 0.5) is 0 Å². The van der Waals surface area contributed by atoms with Gasteiger partial charge in [-0.2, -0.15) is 0 Å². The number of nitrogens with one attached hydrogen (secondary N) is 10. The Morgan fingerprint density at radius 3 is 1.92 bits per heavy atom. The first kappa shape index (κ1) is 95.9. The van der Waals surface area contributed by atoms with Gasteiger partial charge in [0.1, 0.15) is 95.5 Å². The van der Waals surface area contributed by atoms with Crippen LogP contribution in [-0.2, 0) is 62.0 Å². The average Bonchev–Trinajstić information content (AvgIpc) is 0.759.